The summed E-state index contributed by atoms with van der Waals surface area (Å²) in [6.45, 7) is 0.474. The summed E-state index contributed by atoms with van der Waals surface area (Å²) in [6, 6.07) is 3.13. The lowest BCUT2D eigenvalue weighted by Gasteiger charge is -2.07. The highest BCUT2D eigenvalue weighted by Crippen LogP contribution is 2.24. The molecule has 1 aromatic rings. The van der Waals surface area contributed by atoms with Gasteiger partial charge in [-0.1, -0.05) is 6.07 Å². The van der Waals surface area contributed by atoms with Crippen LogP contribution in [0.3, 0.4) is 0 Å². The fourth-order valence-electron chi connectivity index (χ4n) is 1.59. The van der Waals surface area contributed by atoms with Gasteiger partial charge in [0, 0.05) is 24.4 Å². The molecule has 1 aliphatic heterocycles. The molecule has 0 aliphatic carbocycles. The number of nitrogens with two attached hydrogens (primary N) is 1. The minimum atomic E-state index is -0.577. The molecule has 1 amide bonds. The normalized spacial score (nSPS) is 20.9. The van der Waals surface area contributed by atoms with Crippen molar-refractivity contribution >= 4 is 11.7 Å². The summed E-state index contributed by atoms with van der Waals surface area (Å²) in [6.07, 6.45) is 0.322. The van der Waals surface area contributed by atoms with Crippen molar-refractivity contribution in [1.29, 1.82) is 0 Å². The fraction of sp³-hybridized carbons (Fsp3) is 0.333. The number of hydrogen-bond donors (Lipinski definition) is 2. The highest BCUT2D eigenvalue weighted by molar-refractivity contribution is 5.79. The van der Waals surface area contributed by atoms with Gasteiger partial charge in [0.2, 0.25) is 11.9 Å². The van der Waals surface area contributed by atoms with Gasteiger partial charge in [0.1, 0.15) is 5.82 Å². The van der Waals surface area contributed by atoms with Gasteiger partial charge >= 0.3 is 0 Å². The van der Waals surface area contributed by atoms with Crippen LogP contribution >= 0.6 is 0 Å². The lowest BCUT2D eigenvalue weighted by molar-refractivity contribution is -0.119. The molecule has 0 unspecified atom stereocenters. The lowest BCUT2D eigenvalue weighted by Crippen LogP contribution is -2.14. The van der Waals surface area contributed by atoms with Crippen LogP contribution in [-0.4, -0.2) is 17.4 Å². The van der Waals surface area contributed by atoms with Crippen molar-refractivity contribution in [3.05, 3.63) is 23.6 Å². The maximum atomic E-state index is 13.3. The van der Waals surface area contributed by atoms with E-state index in [4.69, 9.17) is 5.73 Å². The Bertz CT molecular complexity index is 380. The third-order valence-electron chi connectivity index (χ3n) is 2.32. The highest BCUT2D eigenvalue weighted by Gasteiger charge is 2.25. The van der Waals surface area contributed by atoms with E-state index >= 15 is 0 Å². The average molecular weight is 195 g/mol. The summed E-state index contributed by atoms with van der Waals surface area (Å²) >= 11 is 0. The van der Waals surface area contributed by atoms with Crippen LogP contribution in [0.25, 0.3) is 0 Å². The summed E-state index contributed by atoms with van der Waals surface area (Å²) in [5.41, 5.74) is 5.78. The number of rotatable bonds is 1. The molecule has 1 saturated heterocycles. The first-order valence-electron chi connectivity index (χ1n) is 4.35. The number of carbonyl (C=O) groups is 1. The number of pyridine rings is 1. The van der Waals surface area contributed by atoms with Crippen LogP contribution in [0.1, 0.15) is 17.9 Å². The fourth-order valence-corrected chi connectivity index (χ4v) is 1.59. The maximum absolute atomic E-state index is 13.3. The zero-order chi connectivity index (χ0) is 10.1. The second-order valence-corrected chi connectivity index (χ2v) is 3.32. The molecule has 2 rings (SSSR count). The van der Waals surface area contributed by atoms with Crippen molar-refractivity contribution in [2.75, 3.05) is 12.3 Å². The zero-order valence-corrected chi connectivity index (χ0v) is 7.46. The summed E-state index contributed by atoms with van der Waals surface area (Å²) in [7, 11) is 0. The van der Waals surface area contributed by atoms with Crippen molar-refractivity contribution in [1.82, 2.24) is 10.3 Å². The first-order chi connectivity index (χ1) is 6.66. The van der Waals surface area contributed by atoms with Crippen LogP contribution in [0.2, 0.25) is 0 Å². The van der Waals surface area contributed by atoms with Crippen molar-refractivity contribution in [3.8, 4) is 0 Å². The summed E-state index contributed by atoms with van der Waals surface area (Å²) in [4.78, 5) is 14.4. The zero-order valence-electron chi connectivity index (χ0n) is 7.46. The standard InChI is InChI=1S/C9H10FN3O/c10-9-6(1-2-7(11)13-9)5-3-8(14)12-4-5/h1-2,5H,3-4H2,(H2,11,13)(H,12,14)/t5-/m0/s1. The third kappa shape index (κ3) is 1.53. The number of nitrogen functional groups attached to an aromatic ring is 1. The molecule has 0 spiro atoms. The van der Waals surface area contributed by atoms with Gasteiger partial charge in [-0.3, -0.25) is 4.79 Å². The SMILES string of the molecule is Nc1ccc([C@@H]2CNC(=O)C2)c(F)n1. The molecule has 0 aromatic carbocycles. The molecule has 0 saturated carbocycles. The third-order valence-corrected chi connectivity index (χ3v) is 2.32. The smallest absolute Gasteiger partial charge is 0.220 e. The van der Waals surface area contributed by atoms with Crippen LogP contribution in [0.4, 0.5) is 10.2 Å². The van der Waals surface area contributed by atoms with Gasteiger partial charge in [-0.2, -0.15) is 4.39 Å². The van der Waals surface area contributed by atoms with Gasteiger partial charge in [0.25, 0.3) is 0 Å². The van der Waals surface area contributed by atoms with Crippen LogP contribution in [-0.2, 0) is 4.79 Å². The van der Waals surface area contributed by atoms with Crippen molar-refractivity contribution in [3.63, 3.8) is 0 Å². The van der Waals surface area contributed by atoms with E-state index in [1.807, 2.05) is 0 Å². The highest BCUT2D eigenvalue weighted by atomic mass is 19.1. The van der Waals surface area contributed by atoms with E-state index in [1.165, 1.54) is 0 Å². The van der Waals surface area contributed by atoms with E-state index in [2.05, 4.69) is 10.3 Å². The largest absolute Gasteiger partial charge is 0.384 e. The van der Waals surface area contributed by atoms with E-state index in [0.717, 1.165) is 0 Å². The van der Waals surface area contributed by atoms with Crippen molar-refractivity contribution in [2.45, 2.75) is 12.3 Å². The van der Waals surface area contributed by atoms with Crippen molar-refractivity contribution < 1.29 is 9.18 Å². The number of anilines is 1. The number of halogens is 1. The molecule has 4 nitrogen and oxygen atoms in total. The number of amides is 1. The number of carbonyl (C=O) groups excluding carboxylic acids is 1. The lowest BCUT2D eigenvalue weighted by atomic mass is 10.00. The molecule has 1 aliphatic rings. The van der Waals surface area contributed by atoms with Crippen LogP contribution in [0.5, 0.6) is 0 Å². The quantitative estimate of drug-likeness (QED) is 0.637. The second-order valence-electron chi connectivity index (χ2n) is 3.32. The van der Waals surface area contributed by atoms with Crippen molar-refractivity contribution in [2.24, 2.45) is 0 Å². The van der Waals surface area contributed by atoms with Gasteiger partial charge in [0.15, 0.2) is 0 Å². The van der Waals surface area contributed by atoms with E-state index in [9.17, 15) is 9.18 Å². The molecule has 0 radical (unpaired) electrons. The monoisotopic (exact) mass is 195 g/mol. The van der Waals surface area contributed by atoms with Gasteiger partial charge in [0.05, 0.1) is 0 Å². The molecule has 2 heterocycles. The Morgan fingerprint density at radius 1 is 1.57 bits per heavy atom. The minimum absolute atomic E-state index is 0.0498. The Hall–Kier alpha value is -1.65. The van der Waals surface area contributed by atoms with E-state index in [0.29, 0.717) is 18.5 Å². The van der Waals surface area contributed by atoms with Crippen LogP contribution in [0, 0.1) is 5.95 Å². The molecule has 1 atom stereocenters. The first-order valence-corrected chi connectivity index (χ1v) is 4.35. The molecule has 5 heteroatoms. The van der Waals surface area contributed by atoms with E-state index in [-0.39, 0.29) is 17.6 Å². The first kappa shape index (κ1) is 8.93. The molecule has 74 valence electrons. The number of aromatic nitrogens is 1. The number of hydrogen-bond acceptors (Lipinski definition) is 3. The molecule has 3 N–H and O–H groups in total. The summed E-state index contributed by atoms with van der Waals surface area (Å²) < 4.78 is 13.3. The molecule has 1 fully saturated rings. The predicted octanol–water partition coefficient (Wildman–Crippen LogP) is 0.406. The van der Waals surface area contributed by atoms with Gasteiger partial charge < -0.3 is 11.1 Å². The molecule has 1 aromatic heterocycles. The van der Waals surface area contributed by atoms with Gasteiger partial charge in [-0.15, -0.1) is 0 Å². The van der Waals surface area contributed by atoms with E-state index in [1.54, 1.807) is 12.1 Å². The predicted molar refractivity (Wildman–Crippen MR) is 49.0 cm³/mol. The number of nitrogens with one attached hydrogen (secondary N) is 1. The Labute approximate surface area is 80.3 Å². The topological polar surface area (TPSA) is 68.0 Å². The summed E-state index contributed by atoms with van der Waals surface area (Å²) in [5, 5.41) is 2.65. The van der Waals surface area contributed by atoms with Gasteiger partial charge in [-0.25, -0.2) is 4.98 Å². The molecular formula is C9H10FN3O. The van der Waals surface area contributed by atoms with E-state index < -0.39 is 5.95 Å². The Balaban J connectivity index is 2.28. The second kappa shape index (κ2) is 3.25. The Morgan fingerprint density at radius 2 is 2.36 bits per heavy atom. The minimum Gasteiger partial charge on any atom is -0.384 e. The Morgan fingerprint density at radius 3 is 2.93 bits per heavy atom. The van der Waals surface area contributed by atoms with Crippen LogP contribution in [0.15, 0.2) is 12.1 Å². The summed E-state index contributed by atoms with van der Waals surface area (Å²) in [5.74, 6) is -0.586. The van der Waals surface area contributed by atoms with Gasteiger partial charge in [-0.05, 0) is 6.07 Å². The molecule has 0 bridgehead atoms. The average Bonchev–Trinajstić information content (AvgIpc) is 2.51. The Kier molecular flexibility index (Phi) is 2.07. The molecule has 14 heavy (non-hydrogen) atoms. The number of nitrogens with zero attached hydrogens (tertiary/aromatic N) is 1. The van der Waals surface area contributed by atoms with Crippen LogP contribution < -0.4 is 11.1 Å². The maximum Gasteiger partial charge on any atom is 0.220 e. The molecular weight excluding hydrogens is 185 g/mol.